The summed E-state index contributed by atoms with van der Waals surface area (Å²) in [5, 5.41) is 2.85. The summed E-state index contributed by atoms with van der Waals surface area (Å²) in [7, 11) is -1.87. The highest BCUT2D eigenvalue weighted by molar-refractivity contribution is 7.89. The highest BCUT2D eigenvalue weighted by Crippen LogP contribution is 2.23. The molecular formula is C14H21FN2O2S. The minimum absolute atomic E-state index is 0.0121. The van der Waals surface area contributed by atoms with Gasteiger partial charge in [0.2, 0.25) is 10.0 Å². The van der Waals surface area contributed by atoms with Crippen LogP contribution in [0.3, 0.4) is 0 Å². The molecule has 4 nitrogen and oxygen atoms in total. The first-order valence-corrected chi connectivity index (χ1v) is 8.38. The highest BCUT2D eigenvalue weighted by atomic mass is 32.2. The van der Waals surface area contributed by atoms with Crippen LogP contribution < -0.4 is 10.0 Å². The molecule has 2 rings (SSSR count). The summed E-state index contributed by atoms with van der Waals surface area (Å²) in [5.41, 5.74) is 0.726. The van der Waals surface area contributed by atoms with Gasteiger partial charge in [-0.25, -0.2) is 17.5 Å². The average molecular weight is 300 g/mol. The Labute approximate surface area is 119 Å². The van der Waals surface area contributed by atoms with Crippen LogP contribution in [0.2, 0.25) is 0 Å². The van der Waals surface area contributed by atoms with Crippen LogP contribution in [0, 0.1) is 12.7 Å². The third-order valence-electron chi connectivity index (χ3n) is 3.66. The van der Waals surface area contributed by atoms with Gasteiger partial charge in [0, 0.05) is 18.2 Å². The van der Waals surface area contributed by atoms with E-state index in [9.17, 15) is 12.8 Å². The summed E-state index contributed by atoms with van der Waals surface area (Å²) in [6.07, 6.45) is 3.87. The second kappa shape index (κ2) is 6.20. The quantitative estimate of drug-likeness (QED) is 0.875. The molecule has 1 aliphatic carbocycles. The molecule has 1 fully saturated rings. The number of rotatable bonds is 5. The number of aryl methyl sites for hydroxylation is 1. The van der Waals surface area contributed by atoms with Crippen LogP contribution in [0.4, 0.5) is 4.39 Å². The summed E-state index contributed by atoms with van der Waals surface area (Å²) in [5.74, 6) is -0.348. The molecule has 0 atom stereocenters. The molecule has 2 N–H and O–H groups in total. The van der Waals surface area contributed by atoms with Crippen molar-refractivity contribution in [1.29, 1.82) is 0 Å². The van der Waals surface area contributed by atoms with E-state index in [1.165, 1.54) is 12.1 Å². The molecule has 0 aromatic heterocycles. The van der Waals surface area contributed by atoms with Gasteiger partial charge in [0.1, 0.15) is 5.82 Å². The Balaban J connectivity index is 2.30. The predicted molar refractivity (Wildman–Crippen MR) is 76.5 cm³/mol. The first kappa shape index (κ1) is 15.4. The van der Waals surface area contributed by atoms with Gasteiger partial charge in [-0.2, -0.15) is 0 Å². The van der Waals surface area contributed by atoms with Gasteiger partial charge >= 0.3 is 0 Å². The molecule has 20 heavy (non-hydrogen) atoms. The molecule has 0 radical (unpaired) electrons. The molecule has 6 heteroatoms. The molecule has 0 saturated heterocycles. The second-order valence-corrected chi connectivity index (χ2v) is 7.06. The van der Waals surface area contributed by atoms with Gasteiger partial charge in [0.25, 0.3) is 0 Å². The van der Waals surface area contributed by atoms with Crippen LogP contribution >= 0.6 is 0 Å². The predicted octanol–water partition coefficient (Wildman–Crippen LogP) is 2.07. The van der Waals surface area contributed by atoms with Crippen LogP contribution in [0.25, 0.3) is 0 Å². The normalized spacial score (nSPS) is 16.8. The maximum atomic E-state index is 13.9. The van der Waals surface area contributed by atoms with E-state index in [1.807, 2.05) is 0 Å². The van der Waals surface area contributed by atoms with Gasteiger partial charge in [0.05, 0.1) is 4.90 Å². The van der Waals surface area contributed by atoms with Gasteiger partial charge in [-0.05, 0) is 44.5 Å². The Kier molecular flexibility index (Phi) is 4.78. The number of nitrogens with one attached hydrogen (secondary N) is 2. The van der Waals surface area contributed by atoms with Crippen molar-refractivity contribution in [1.82, 2.24) is 10.0 Å². The van der Waals surface area contributed by atoms with Crippen molar-refractivity contribution in [3.8, 4) is 0 Å². The molecule has 112 valence electrons. The van der Waals surface area contributed by atoms with Gasteiger partial charge in [-0.3, -0.25) is 0 Å². The van der Waals surface area contributed by atoms with Crippen LogP contribution in [0.5, 0.6) is 0 Å². The van der Waals surface area contributed by atoms with Crippen molar-refractivity contribution >= 4 is 10.0 Å². The molecule has 0 amide bonds. The summed E-state index contributed by atoms with van der Waals surface area (Å²) < 4.78 is 41.3. The minimum Gasteiger partial charge on any atom is -0.316 e. The van der Waals surface area contributed by atoms with Gasteiger partial charge in [-0.1, -0.05) is 12.8 Å². The molecule has 0 unspecified atom stereocenters. The first-order valence-electron chi connectivity index (χ1n) is 6.90. The SMILES string of the molecule is CNCc1cc(S(=O)(=O)NC2CCCC2)cc(C)c1F. The van der Waals surface area contributed by atoms with Crippen LogP contribution in [-0.4, -0.2) is 21.5 Å². The van der Waals surface area contributed by atoms with Crippen molar-refractivity contribution < 1.29 is 12.8 Å². The average Bonchev–Trinajstić information content (AvgIpc) is 2.87. The van der Waals surface area contributed by atoms with E-state index in [-0.39, 0.29) is 16.8 Å². The lowest BCUT2D eigenvalue weighted by Gasteiger charge is -2.14. The maximum absolute atomic E-state index is 13.9. The molecule has 0 aliphatic heterocycles. The summed E-state index contributed by atoms with van der Waals surface area (Å²) in [4.78, 5) is 0.147. The van der Waals surface area contributed by atoms with Crippen LogP contribution in [-0.2, 0) is 16.6 Å². The van der Waals surface area contributed by atoms with Crippen molar-refractivity contribution in [3.05, 3.63) is 29.1 Å². The Morgan fingerprint density at radius 1 is 1.30 bits per heavy atom. The molecule has 1 aromatic carbocycles. The van der Waals surface area contributed by atoms with E-state index in [4.69, 9.17) is 0 Å². The van der Waals surface area contributed by atoms with E-state index in [0.29, 0.717) is 17.7 Å². The van der Waals surface area contributed by atoms with E-state index >= 15 is 0 Å². The third kappa shape index (κ3) is 3.37. The van der Waals surface area contributed by atoms with Crippen molar-refractivity contribution in [2.24, 2.45) is 0 Å². The van der Waals surface area contributed by atoms with E-state index < -0.39 is 10.0 Å². The monoisotopic (exact) mass is 300 g/mol. The van der Waals surface area contributed by atoms with Crippen molar-refractivity contribution in [3.63, 3.8) is 0 Å². The lowest BCUT2D eigenvalue weighted by Crippen LogP contribution is -2.32. The zero-order chi connectivity index (χ0) is 14.8. The van der Waals surface area contributed by atoms with Crippen LogP contribution in [0.15, 0.2) is 17.0 Å². The third-order valence-corrected chi connectivity index (χ3v) is 5.16. The highest BCUT2D eigenvalue weighted by Gasteiger charge is 2.24. The Hall–Kier alpha value is -0.980. The van der Waals surface area contributed by atoms with Gasteiger partial charge < -0.3 is 5.32 Å². The Morgan fingerprint density at radius 2 is 1.95 bits per heavy atom. The lowest BCUT2D eigenvalue weighted by atomic mass is 10.1. The summed E-state index contributed by atoms with van der Waals surface area (Å²) >= 11 is 0. The zero-order valence-electron chi connectivity index (χ0n) is 11.9. The lowest BCUT2D eigenvalue weighted by molar-refractivity contribution is 0.550. The minimum atomic E-state index is -3.57. The summed E-state index contributed by atoms with van der Waals surface area (Å²) in [6, 6.07) is 2.82. The van der Waals surface area contributed by atoms with E-state index in [0.717, 1.165) is 25.7 Å². The smallest absolute Gasteiger partial charge is 0.240 e. The molecule has 1 aliphatic rings. The first-order chi connectivity index (χ1) is 9.44. The molecular weight excluding hydrogens is 279 g/mol. The van der Waals surface area contributed by atoms with Crippen molar-refractivity contribution in [2.75, 3.05) is 7.05 Å². The number of halogens is 1. The standard InChI is InChI=1S/C14H21FN2O2S/c1-10-7-13(8-11(9-16-2)14(10)15)20(18,19)17-12-5-3-4-6-12/h7-8,12,16-17H,3-6,9H2,1-2H3. The summed E-state index contributed by atoms with van der Waals surface area (Å²) in [6.45, 7) is 1.89. The Morgan fingerprint density at radius 3 is 2.55 bits per heavy atom. The number of hydrogen-bond acceptors (Lipinski definition) is 3. The fourth-order valence-electron chi connectivity index (χ4n) is 2.61. The molecule has 0 spiro atoms. The molecule has 1 aromatic rings. The van der Waals surface area contributed by atoms with Gasteiger partial charge in [0.15, 0.2) is 0 Å². The fraction of sp³-hybridized carbons (Fsp3) is 0.571. The second-order valence-electron chi connectivity index (χ2n) is 5.35. The zero-order valence-corrected chi connectivity index (χ0v) is 12.7. The number of benzene rings is 1. The van der Waals surface area contributed by atoms with Crippen molar-refractivity contribution in [2.45, 2.75) is 50.1 Å². The Bertz CT molecular complexity index is 581. The topological polar surface area (TPSA) is 58.2 Å². The molecule has 1 saturated carbocycles. The van der Waals surface area contributed by atoms with E-state index in [2.05, 4.69) is 10.0 Å². The fourth-order valence-corrected chi connectivity index (χ4v) is 4.05. The number of sulfonamides is 1. The van der Waals surface area contributed by atoms with Crippen LogP contribution in [0.1, 0.15) is 36.8 Å². The number of hydrogen-bond donors (Lipinski definition) is 2. The molecule has 0 bridgehead atoms. The molecule has 0 heterocycles. The van der Waals surface area contributed by atoms with E-state index in [1.54, 1.807) is 14.0 Å². The van der Waals surface area contributed by atoms with Gasteiger partial charge in [-0.15, -0.1) is 0 Å². The maximum Gasteiger partial charge on any atom is 0.240 e. The largest absolute Gasteiger partial charge is 0.316 e.